The van der Waals surface area contributed by atoms with Gasteiger partial charge in [-0.15, -0.1) is 11.8 Å². The lowest BCUT2D eigenvalue weighted by atomic mass is 10.2. The number of hydrogen-bond donors (Lipinski definition) is 2. The Balaban J connectivity index is 1.50. The van der Waals surface area contributed by atoms with Crippen LogP contribution in [0.3, 0.4) is 0 Å². The number of amides is 2. The maximum atomic E-state index is 12.3. The second kappa shape index (κ2) is 10.4. The van der Waals surface area contributed by atoms with E-state index in [1.165, 1.54) is 11.8 Å². The molecule has 0 saturated carbocycles. The van der Waals surface area contributed by atoms with E-state index >= 15 is 0 Å². The van der Waals surface area contributed by atoms with Crippen LogP contribution in [-0.4, -0.2) is 31.8 Å². The fraction of sp³-hybridized carbons (Fsp3) is 0.130. The van der Waals surface area contributed by atoms with Crippen molar-refractivity contribution in [2.45, 2.75) is 4.90 Å². The first kappa shape index (κ1) is 21.3. The molecule has 30 heavy (non-hydrogen) atoms. The molecule has 0 bridgehead atoms. The highest BCUT2D eigenvalue weighted by Gasteiger charge is 2.08. The molecule has 3 aromatic rings. The SMILES string of the molecule is COc1ccc(C(=O)Nc2ccc(SCC(=O)Nc3cccc(OC)c3)cc2)cc1. The number of ether oxygens (including phenoxy) is 2. The Morgan fingerprint density at radius 3 is 2.17 bits per heavy atom. The van der Waals surface area contributed by atoms with Crippen LogP contribution in [0.25, 0.3) is 0 Å². The van der Waals surface area contributed by atoms with Gasteiger partial charge in [0.1, 0.15) is 11.5 Å². The molecular weight excluding hydrogens is 400 g/mol. The molecule has 0 saturated heterocycles. The topological polar surface area (TPSA) is 76.7 Å². The molecule has 0 fully saturated rings. The van der Waals surface area contributed by atoms with Gasteiger partial charge < -0.3 is 20.1 Å². The number of carbonyl (C=O) groups is 2. The molecule has 3 aromatic carbocycles. The van der Waals surface area contributed by atoms with E-state index in [0.717, 1.165) is 4.90 Å². The standard InChI is InChI=1S/C23H22N2O4S/c1-28-19-10-6-16(7-11-19)23(27)25-17-8-12-21(13-9-17)30-15-22(26)24-18-4-3-5-20(14-18)29-2/h3-14H,15H2,1-2H3,(H,24,26)(H,25,27). The summed E-state index contributed by atoms with van der Waals surface area (Å²) in [6.07, 6.45) is 0. The summed E-state index contributed by atoms with van der Waals surface area (Å²) < 4.78 is 10.2. The molecule has 0 atom stereocenters. The first-order valence-electron chi connectivity index (χ1n) is 9.19. The third-order valence-electron chi connectivity index (χ3n) is 4.19. The van der Waals surface area contributed by atoms with Crippen LogP contribution in [0.2, 0.25) is 0 Å². The predicted molar refractivity (Wildman–Crippen MR) is 120 cm³/mol. The van der Waals surface area contributed by atoms with Crippen molar-refractivity contribution in [1.29, 1.82) is 0 Å². The highest BCUT2D eigenvalue weighted by molar-refractivity contribution is 8.00. The molecule has 7 heteroatoms. The number of nitrogens with one attached hydrogen (secondary N) is 2. The molecule has 0 aromatic heterocycles. The molecule has 2 N–H and O–H groups in total. The number of thioether (sulfide) groups is 1. The second-order valence-corrected chi connectivity index (χ2v) is 7.32. The minimum absolute atomic E-state index is 0.106. The molecule has 0 aliphatic carbocycles. The Morgan fingerprint density at radius 2 is 1.50 bits per heavy atom. The summed E-state index contributed by atoms with van der Waals surface area (Å²) in [5.74, 6) is 1.35. The Hall–Kier alpha value is -3.45. The van der Waals surface area contributed by atoms with Gasteiger partial charge in [0.05, 0.1) is 20.0 Å². The van der Waals surface area contributed by atoms with E-state index in [1.54, 1.807) is 44.6 Å². The van der Waals surface area contributed by atoms with E-state index in [1.807, 2.05) is 42.5 Å². The van der Waals surface area contributed by atoms with E-state index < -0.39 is 0 Å². The zero-order chi connectivity index (χ0) is 21.3. The van der Waals surface area contributed by atoms with Gasteiger partial charge >= 0.3 is 0 Å². The van der Waals surface area contributed by atoms with Crippen LogP contribution < -0.4 is 20.1 Å². The zero-order valence-electron chi connectivity index (χ0n) is 16.7. The lowest BCUT2D eigenvalue weighted by Crippen LogP contribution is -2.14. The molecule has 6 nitrogen and oxygen atoms in total. The van der Waals surface area contributed by atoms with Gasteiger partial charge in [-0.25, -0.2) is 0 Å². The number of anilines is 2. The number of carbonyl (C=O) groups excluding carboxylic acids is 2. The Kier molecular flexibility index (Phi) is 7.34. The van der Waals surface area contributed by atoms with Crippen molar-refractivity contribution in [3.63, 3.8) is 0 Å². The number of rotatable bonds is 8. The van der Waals surface area contributed by atoms with Gasteiger partial charge in [-0.3, -0.25) is 9.59 Å². The monoisotopic (exact) mass is 422 g/mol. The van der Waals surface area contributed by atoms with Gasteiger partial charge in [-0.1, -0.05) is 6.07 Å². The summed E-state index contributed by atoms with van der Waals surface area (Å²) in [5, 5.41) is 5.70. The highest BCUT2D eigenvalue weighted by atomic mass is 32.2. The van der Waals surface area contributed by atoms with Crippen molar-refractivity contribution in [3.05, 3.63) is 78.4 Å². The molecule has 0 radical (unpaired) electrons. The molecule has 0 unspecified atom stereocenters. The van der Waals surface area contributed by atoms with Gasteiger partial charge in [0.25, 0.3) is 5.91 Å². The lowest BCUT2D eigenvalue weighted by molar-refractivity contribution is -0.113. The van der Waals surface area contributed by atoms with E-state index in [4.69, 9.17) is 9.47 Å². The van der Waals surface area contributed by atoms with Crippen molar-refractivity contribution in [1.82, 2.24) is 0 Å². The fourth-order valence-corrected chi connectivity index (χ4v) is 3.33. The second-order valence-electron chi connectivity index (χ2n) is 6.28. The lowest BCUT2D eigenvalue weighted by Gasteiger charge is -2.08. The smallest absolute Gasteiger partial charge is 0.255 e. The Labute approximate surface area is 179 Å². The van der Waals surface area contributed by atoms with Gasteiger partial charge in [-0.05, 0) is 60.7 Å². The molecule has 0 heterocycles. The number of methoxy groups -OCH3 is 2. The first-order valence-corrected chi connectivity index (χ1v) is 10.2. The minimum Gasteiger partial charge on any atom is -0.497 e. The summed E-state index contributed by atoms with van der Waals surface area (Å²) in [5.41, 5.74) is 1.92. The van der Waals surface area contributed by atoms with Crippen LogP contribution >= 0.6 is 11.8 Å². The summed E-state index contributed by atoms with van der Waals surface area (Å²) in [4.78, 5) is 25.4. The largest absolute Gasteiger partial charge is 0.497 e. The van der Waals surface area contributed by atoms with Crippen molar-refractivity contribution in [3.8, 4) is 11.5 Å². The van der Waals surface area contributed by atoms with Crippen LogP contribution in [0.5, 0.6) is 11.5 Å². The summed E-state index contributed by atoms with van der Waals surface area (Å²) in [6.45, 7) is 0. The third kappa shape index (κ3) is 6.02. The summed E-state index contributed by atoms with van der Waals surface area (Å²) in [7, 11) is 3.16. The fourth-order valence-electron chi connectivity index (χ4n) is 2.63. The molecule has 0 aliphatic rings. The molecule has 154 valence electrons. The van der Waals surface area contributed by atoms with Crippen LogP contribution in [0.15, 0.2) is 77.7 Å². The maximum Gasteiger partial charge on any atom is 0.255 e. The molecule has 3 rings (SSSR count). The predicted octanol–water partition coefficient (Wildman–Crippen LogP) is 4.69. The highest BCUT2D eigenvalue weighted by Crippen LogP contribution is 2.22. The van der Waals surface area contributed by atoms with E-state index in [9.17, 15) is 9.59 Å². The minimum atomic E-state index is -0.198. The van der Waals surface area contributed by atoms with Gasteiger partial charge in [0.15, 0.2) is 0 Å². The molecular formula is C23H22N2O4S. The van der Waals surface area contributed by atoms with Gasteiger partial charge in [0, 0.05) is 27.9 Å². The quantitative estimate of drug-likeness (QED) is 0.515. The van der Waals surface area contributed by atoms with E-state index in [0.29, 0.717) is 28.4 Å². The van der Waals surface area contributed by atoms with E-state index in [2.05, 4.69) is 10.6 Å². The summed E-state index contributed by atoms with van der Waals surface area (Å²) in [6, 6.07) is 21.5. The summed E-state index contributed by atoms with van der Waals surface area (Å²) >= 11 is 1.42. The molecule has 0 aliphatic heterocycles. The van der Waals surface area contributed by atoms with Crippen LogP contribution in [0, 0.1) is 0 Å². The van der Waals surface area contributed by atoms with Crippen LogP contribution in [0.1, 0.15) is 10.4 Å². The van der Waals surface area contributed by atoms with Crippen molar-refractivity contribution in [2.75, 3.05) is 30.6 Å². The van der Waals surface area contributed by atoms with Crippen LogP contribution in [-0.2, 0) is 4.79 Å². The van der Waals surface area contributed by atoms with Crippen molar-refractivity contribution in [2.24, 2.45) is 0 Å². The molecule has 0 spiro atoms. The maximum absolute atomic E-state index is 12.3. The van der Waals surface area contributed by atoms with Gasteiger partial charge in [-0.2, -0.15) is 0 Å². The molecule has 2 amide bonds. The zero-order valence-corrected chi connectivity index (χ0v) is 17.5. The number of benzene rings is 3. The number of hydrogen-bond acceptors (Lipinski definition) is 5. The van der Waals surface area contributed by atoms with Crippen molar-refractivity contribution >= 4 is 35.0 Å². The third-order valence-corrected chi connectivity index (χ3v) is 5.20. The van der Waals surface area contributed by atoms with Crippen molar-refractivity contribution < 1.29 is 19.1 Å². The Morgan fingerprint density at radius 1 is 0.800 bits per heavy atom. The first-order chi connectivity index (χ1) is 14.6. The van der Waals surface area contributed by atoms with Gasteiger partial charge in [0.2, 0.25) is 5.91 Å². The average Bonchev–Trinajstić information content (AvgIpc) is 2.78. The van der Waals surface area contributed by atoms with E-state index in [-0.39, 0.29) is 17.6 Å². The normalized spacial score (nSPS) is 10.2. The van der Waals surface area contributed by atoms with Crippen LogP contribution in [0.4, 0.5) is 11.4 Å². The average molecular weight is 423 g/mol. The Bertz CT molecular complexity index is 1000.